The molecule has 0 spiro atoms. The fraction of sp³-hybridized carbons (Fsp3) is 0.462. The van der Waals surface area contributed by atoms with E-state index < -0.39 is 0 Å². The standard InChI is InChI=1S/C13H20N2O/c1-9(2)15-13(16)8-14-12-7-10(3)5-6-11(12)4/h5-7,9,14H,8H2,1-4H3,(H,15,16). The van der Waals surface area contributed by atoms with Gasteiger partial charge in [-0.2, -0.15) is 0 Å². The number of rotatable bonds is 4. The zero-order chi connectivity index (χ0) is 12.1. The van der Waals surface area contributed by atoms with Crippen LogP contribution >= 0.6 is 0 Å². The fourth-order valence-corrected chi connectivity index (χ4v) is 1.47. The maximum Gasteiger partial charge on any atom is 0.239 e. The first-order chi connectivity index (χ1) is 7.49. The normalized spacial score (nSPS) is 10.3. The number of amides is 1. The van der Waals surface area contributed by atoms with Gasteiger partial charge in [0, 0.05) is 11.7 Å². The molecule has 0 radical (unpaired) electrons. The van der Waals surface area contributed by atoms with Crippen LogP contribution in [-0.4, -0.2) is 18.5 Å². The van der Waals surface area contributed by atoms with Gasteiger partial charge in [0.15, 0.2) is 0 Å². The Balaban J connectivity index is 2.54. The molecule has 0 saturated carbocycles. The first kappa shape index (κ1) is 12.6. The molecule has 1 aromatic rings. The van der Waals surface area contributed by atoms with Crippen molar-refractivity contribution in [3.63, 3.8) is 0 Å². The SMILES string of the molecule is Cc1ccc(C)c(NCC(=O)NC(C)C)c1. The number of benzene rings is 1. The lowest BCUT2D eigenvalue weighted by Gasteiger charge is -2.12. The topological polar surface area (TPSA) is 41.1 Å². The van der Waals surface area contributed by atoms with Crippen LogP contribution in [0.2, 0.25) is 0 Å². The highest BCUT2D eigenvalue weighted by atomic mass is 16.1. The Morgan fingerprint density at radius 2 is 2.00 bits per heavy atom. The van der Waals surface area contributed by atoms with E-state index in [1.165, 1.54) is 5.56 Å². The minimum absolute atomic E-state index is 0.0240. The highest BCUT2D eigenvalue weighted by Crippen LogP contribution is 2.15. The number of hydrogen-bond donors (Lipinski definition) is 2. The summed E-state index contributed by atoms with van der Waals surface area (Å²) in [6.45, 7) is 8.30. The summed E-state index contributed by atoms with van der Waals surface area (Å²) in [5.74, 6) is 0.0240. The van der Waals surface area contributed by atoms with E-state index >= 15 is 0 Å². The number of anilines is 1. The van der Waals surface area contributed by atoms with Crippen molar-refractivity contribution in [3.05, 3.63) is 29.3 Å². The molecule has 1 amide bonds. The van der Waals surface area contributed by atoms with Gasteiger partial charge < -0.3 is 10.6 Å². The zero-order valence-corrected chi connectivity index (χ0v) is 10.4. The fourth-order valence-electron chi connectivity index (χ4n) is 1.47. The van der Waals surface area contributed by atoms with E-state index in [9.17, 15) is 4.79 Å². The second-order valence-corrected chi connectivity index (χ2v) is 4.39. The van der Waals surface area contributed by atoms with Gasteiger partial charge in [0.05, 0.1) is 6.54 Å². The number of carbonyl (C=O) groups is 1. The zero-order valence-electron chi connectivity index (χ0n) is 10.4. The van der Waals surface area contributed by atoms with Crippen LogP contribution < -0.4 is 10.6 Å². The van der Waals surface area contributed by atoms with Crippen molar-refractivity contribution >= 4 is 11.6 Å². The molecule has 16 heavy (non-hydrogen) atoms. The lowest BCUT2D eigenvalue weighted by atomic mass is 10.1. The van der Waals surface area contributed by atoms with Crippen molar-refractivity contribution in [2.24, 2.45) is 0 Å². The van der Waals surface area contributed by atoms with Crippen molar-refractivity contribution < 1.29 is 4.79 Å². The minimum Gasteiger partial charge on any atom is -0.376 e. The summed E-state index contributed by atoms with van der Waals surface area (Å²) in [5, 5.41) is 5.99. The first-order valence-electron chi connectivity index (χ1n) is 5.59. The summed E-state index contributed by atoms with van der Waals surface area (Å²) in [6, 6.07) is 6.36. The molecule has 3 nitrogen and oxygen atoms in total. The van der Waals surface area contributed by atoms with E-state index in [2.05, 4.69) is 28.8 Å². The maximum atomic E-state index is 11.4. The highest BCUT2D eigenvalue weighted by molar-refractivity contribution is 5.81. The van der Waals surface area contributed by atoms with E-state index in [1.54, 1.807) is 0 Å². The molecule has 0 aromatic heterocycles. The third-order valence-electron chi connectivity index (χ3n) is 2.28. The Morgan fingerprint density at radius 1 is 1.31 bits per heavy atom. The largest absolute Gasteiger partial charge is 0.376 e. The molecule has 0 unspecified atom stereocenters. The molecular weight excluding hydrogens is 200 g/mol. The molecule has 0 aliphatic carbocycles. The van der Waals surface area contributed by atoms with Gasteiger partial charge in [-0.05, 0) is 44.9 Å². The molecule has 0 aliphatic rings. The first-order valence-corrected chi connectivity index (χ1v) is 5.59. The van der Waals surface area contributed by atoms with Crippen molar-refractivity contribution in [1.82, 2.24) is 5.32 Å². The Hall–Kier alpha value is -1.51. The van der Waals surface area contributed by atoms with Gasteiger partial charge in [-0.3, -0.25) is 4.79 Å². The molecule has 0 fully saturated rings. The number of aryl methyl sites for hydroxylation is 2. The van der Waals surface area contributed by atoms with Gasteiger partial charge in [0.1, 0.15) is 0 Å². The van der Waals surface area contributed by atoms with Gasteiger partial charge in [-0.15, -0.1) is 0 Å². The molecule has 2 N–H and O–H groups in total. The van der Waals surface area contributed by atoms with Crippen LogP contribution in [0.3, 0.4) is 0 Å². The molecule has 88 valence electrons. The van der Waals surface area contributed by atoms with Crippen LogP contribution in [0.25, 0.3) is 0 Å². The molecule has 3 heteroatoms. The van der Waals surface area contributed by atoms with Crippen LogP contribution in [0.5, 0.6) is 0 Å². The molecule has 0 atom stereocenters. The van der Waals surface area contributed by atoms with Crippen molar-refractivity contribution in [2.75, 3.05) is 11.9 Å². The van der Waals surface area contributed by atoms with Crippen molar-refractivity contribution in [1.29, 1.82) is 0 Å². The average Bonchev–Trinajstić information content (AvgIpc) is 2.18. The third kappa shape index (κ3) is 3.93. The quantitative estimate of drug-likeness (QED) is 0.817. The van der Waals surface area contributed by atoms with Crippen LogP contribution in [0, 0.1) is 13.8 Å². The Morgan fingerprint density at radius 3 is 2.62 bits per heavy atom. The molecule has 1 rings (SSSR count). The average molecular weight is 220 g/mol. The minimum atomic E-state index is 0.0240. The summed E-state index contributed by atoms with van der Waals surface area (Å²) in [6.07, 6.45) is 0. The lowest BCUT2D eigenvalue weighted by molar-refractivity contribution is -0.119. The summed E-state index contributed by atoms with van der Waals surface area (Å²) in [4.78, 5) is 11.4. The summed E-state index contributed by atoms with van der Waals surface area (Å²) < 4.78 is 0. The van der Waals surface area contributed by atoms with Gasteiger partial charge in [0.25, 0.3) is 0 Å². The Kier molecular flexibility index (Phi) is 4.35. The molecule has 0 heterocycles. The third-order valence-corrected chi connectivity index (χ3v) is 2.28. The van der Waals surface area contributed by atoms with Gasteiger partial charge in [0.2, 0.25) is 5.91 Å². The molecule has 0 aliphatic heterocycles. The highest BCUT2D eigenvalue weighted by Gasteiger charge is 2.04. The monoisotopic (exact) mass is 220 g/mol. The maximum absolute atomic E-state index is 11.4. The van der Waals surface area contributed by atoms with Crippen LogP contribution in [-0.2, 0) is 4.79 Å². The van der Waals surface area contributed by atoms with E-state index in [0.29, 0.717) is 6.54 Å². The van der Waals surface area contributed by atoms with Crippen molar-refractivity contribution in [2.45, 2.75) is 33.7 Å². The van der Waals surface area contributed by atoms with E-state index in [0.717, 1.165) is 11.3 Å². The van der Waals surface area contributed by atoms with Crippen LogP contribution in [0.15, 0.2) is 18.2 Å². The van der Waals surface area contributed by atoms with Crippen LogP contribution in [0.1, 0.15) is 25.0 Å². The Labute approximate surface area is 97.2 Å². The van der Waals surface area contributed by atoms with Crippen molar-refractivity contribution in [3.8, 4) is 0 Å². The predicted molar refractivity (Wildman–Crippen MR) is 67.7 cm³/mol. The van der Waals surface area contributed by atoms with E-state index in [4.69, 9.17) is 0 Å². The molecule has 0 bridgehead atoms. The Bertz CT molecular complexity index is 372. The van der Waals surface area contributed by atoms with Crippen LogP contribution in [0.4, 0.5) is 5.69 Å². The number of nitrogens with one attached hydrogen (secondary N) is 2. The second kappa shape index (κ2) is 5.54. The second-order valence-electron chi connectivity index (χ2n) is 4.39. The van der Waals surface area contributed by atoms with Gasteiger partial charge in [-0.25, -0.2) is 0 Å². The number of hydrogen-bond acceptors (Lipinski definition) is 2. The molecule has 0 saturated heterocycles. The van der Waals surface area contributed by atoms with Gasteiger partial charge >= 0.3 is 0 Å². The van der Waals surface area contributed by atoms with Gasteiger partial charge in [-0.1, -0.05) is 12.1 Å². The molecule has 1 aromatic carbocycles. The predicted octanol–water partition coefficient (Wildman–Crippen LogP) is 2.24. The lowest BCUT2D eigenvalue weighted by Crippen LogP contribution is -2.34. The smallest absolute Gasteiger partial charge is 0.239 e. The van der Waals surface area contributed by atoms with E-state index in [-0.39, 0.29) is 11.9 Å². The van der Waals surface area contributed by atoms with E-state index in [1.807, 2.05) is 27.7 Å². The molecular formula is C13H20N2O. The number of carbonyl (C=O) groups excluding carboxylic acids is 1. The summed E-state index contributed by atoms with van der Waals surface area (Å²) in [7, 11) is 0. The summed E-state index contributed by atoms with van der Waals surface area (Å²) in [5.41, 5.74) is 3.37. The summed E-state index contributed by atoms with van der Waals surface area (Å²) >= 11 is 0.